The van der Waals surface area contributed by atoms with Crippen LogP contribution in [0.3, 0.4) is 0 Å². The number of aromatic nitrogens is 2. The molecule has 126 valence electrons. The fourth-order valence-electron chi connectivity index (χ4n) is 2.95. The number of hydrogen-bond donors (Lipinski definition) is 2. The lowest BCUT2D eigenvalue weighted by Gasteiger charge is -2.37. The lowest BCUT2D eigenvalue weighted by atomic mass is 9.77. The quantitative estimate of drug-likeness (QED) is 0.831. The van der Waals surface area contributed by atoms with Crippen molar-refractivity contribution in [3.63, 3.8) is 0 Å². The van der Waals surface area contributed by atoms with Crippen molar-refractivity contribution in [2.24, 2.45) is 5.92 Å². The summed E-state index contributed by atoms with van der Waals surface area (Å²) >= 11 is 1.53. The predicted octanol–water partition coefficient (Wildman–Crippen LogP) is 2.06. The van der Waals surface area contributed by atoms with E-state index in [1.54, 1.807) is 13.0 Å². The fraction of sp³-hybridized carbons (Fsp3) is 0.533. The van der Waals surface area contributed by atoms with Gasteiger partial charge in [-0.1, -0.05) is 6.07 Å². The Morgan fingerprint density at radius 3 is 2.83 bits per heavy atom. The number of nitrogens with zero attached hydrogens (tertiary/aromatic N) is 2. The molecule has 8 heteroatoms. The second kappa shape index (κ2) is 6.35. The third-order valence-corrected chi connectivity index (χ3v) is 6.59. The maximum atomic E-state index is 12.8. The molecule has 0 aromatic carbocycles. The summed E-state index contributed by atoms with van der Waals surface area (Å²) in [6.45, 7) is 4.14. The van der Waals surface area contributed by atoms with Gasteiger partial charge in [-0.2, -0.15) is 5.10 Å². The third kappa shape index (κ3) is 3.35. The first-order valence-electron chi connectivity index (χ1n) is 7.69. The van der Waals surface area contributed by atoms with Crippen molar-refractivity contribution in [3.8, 4) is 0 Å². The van der Waals surface area contributed by atoms with Crippen LogP contribution < -0.4 is 4.72 Å². The van der Waals surface area contributed by atoms with Crippen LogP contribution in [-0.4, -0.2) is 29.4 Å². The number of thiophene rings is 1. The molecule has 0 spiro atoms. The van der Waals surface area contributed by atoms with E-state index >= 15 is 0 Å². The van der Waals surface area contributed by atoms with Crippen molar-refractivity contribution in [1.82, 2.24) is 14.5 Å². The summed E-state index contributed by atoms with van der Waals surface area (Å²) in [5.74, 6) is 0.123. The molecular formula is C15H21N3O3S2. The topological polar surface area (TPSA) is 84.2 Å². The van der Waals surface area contributed by atoms with Crippen LogP contribution in [0.1, 0.15) is 36.4 Å². The Morgan fingerprint density at radius 1 is 1.52 bits per heavy atom. The van der Waals surface area contributed by atoms with Gasteiger partial charge < -0.3 is 5.11 Å². The Kier molecular flexibility index (Phi) is 4.59. The summed E-state index contributed by atoms with van der Waals surface area (Å²) in [6.07, 6.45) is 0.921. The maximum Gasteiger partial charge on any atom is 0.258 e. The van der Waals surface area contributed by atoms with Crippen LogP contribution in [0.5, 0.6) is 0 Å². The molecular weight excluding hydrogens is 334 g/mol. The zero-order valence-corrected chi connectivity index (χ0v) is 14.8. The predicted molar refractivity (Wildman–Crippen MR) is 88.8 cm³/mol. The minimum absolute atomic E-state index is 0.123. The van der Waals surface area contributed by atoms with E-state index in [4.69, 9.17) is 0 Å². The van der Waals surface area contributed by atoms with Gasteiger partial charge in [0.25, 0.3) is 10.0 Å². The summed E-state index contributed by atoms with van der Waals surface area (Å²) < 4.78 is 30.0. The van der Waals surface area contributed by atoms with Gasteiger partial charge in [0.2, 0.25) is 0 Å². The summed E-state index contributed by atoms with van der Waals surface area (Å²) in [7, 11) is -3.67. The van der Waals surface area contributed by atoms with Crippen LogP contribution in [0.4, 0.5) is 0 Å². The van der Waals surface area contributed by atoms with Crippen molar-refractivity contribution in [2.45, 2.75) is 50.4 Å². The number of nitrogens with one attached hydrogen (secondary N) is 1. The Hall–Kier alpha value is -1.22. The number of sulfonamides is 1. The molecule has 1 fully saturated rings. The molecule has 1 aliphatic rings. The van der Waals surface area contributed by atoms with Gasteiger partial charge in [-0.3, -0.25) is 4.68 Å². The molecule has 23 heavy (non-hydrogen) atoms. The molecule has 0 aliphatic heterocycles. The number of hydrogen-bond acceptors (Lipinski definition) is 5. The standard InChI is InChI=1S/C15H21N3O3S2/c1-3-18-14(7-10(2)16-18)23(20,21)17-15(11-8-12(19)9-11)13-5-4-6-22-13/h4-7,11-12,15,17,19H,3,8-9H2,1-2H3. The van der Waals surface area contributed by atoms with Gasteiger partial charge in [0.1, 0.15) is 0 Å². The van der Waals surface area contributed by atoms with Crippen molar-refractivity contribution in [2.75, 3.05) is 0 Å². The highest BCUT2D eigenvalue weighted by Gasteiger charge is 2.38. The average molecular weight is 355 g/mol. The molecule has 1 saturated carbocycles. The first-order valence-corrected chi connectivity index (χ1v) is 10.0. The second-order valence-electron chi connectivity index (χ2n) is 5.94. The van der Waals surface area contributed by atoms with Gasteiger partial charge in [0.05, 0.1) is 17.8 Å². The summed E-state index contributed by atoms with van der Waals surface area (Å²) in [5, 5.41) is 15.9. The molecule has 2 N–H and O–H groups in total. The van der Waals surface area contributed by atoms with Crippen molar-refractivity contribution in [3.05, 3.63) is 34.2 Å². The third-order valence-electron chi connectivity index (χ3n) is 4.19. The second-order valence-corrected chi connectivity index (χ2v) is 8.58. The van der Waals surface area contributed by atoms with Gasteiger partial charge in [-0.05, 0) is 50.1 Å². The van der Waals surface area contributed by atoms with Crippen LogP contribution in [-0.2, 0) is 16.6 Å². The first kappa shape index (κ1) is 16.6. The van der Waals surface area contributed by atoms with E-state index in [0.717, 1.165) is 4.88 Å². The number of rotatable bonds is 6. The maximum absolute atomic E-state index is 12.8. The molecule has 1 aliphatic carbocycles. The van der Waals surface area contributed by atoms with Crippen LogP contribution in [0.25, 0.3) is 0 Å². The summed E-state index contributed by atoms with van der Waals surface area (Å²) in [6, 6.07) is 5.14. The molecule has 0 bridgehead atoms. The highest BCUT2D eigenvalue weighted by molar-refractivity contribution is 7.89. The van der Waals surface area contributed by atoms with Crippen molar-refractivity contribution < 1.29 is 13.5 Å². The summed E-state index contributed by atoms with van der Waals surface area (Å²) in [5.41, 5.74) is 0.680. The zero-order valence-electron chi connectivity index (χ0n) is 13.1. The van der Waals surface area contributed by atoms with Gasteiger partial charge >= 0.3 is 0 Å². The Bertz CT molecular complexity index is 762. The fourth-order valence-corrected chi connectivity index (χ4v) is 5.44. The van der Waals surface area contributed by atoms with Crippen LogP contribution >= 0.6 is 11.3 Å². The van der Waals surface area contributed by atoms with Crippen molar-refractivity contribution in [1.29, 1.82) is 0 Å². The van der Waals surface area contributed by atoms with E-state index in [-0.39, 0.29) is 23.1 Å². The van der Waals surface area contributed by atoms with E-state index < -0.39 is 10.0 Å². The highest BCUT2D eigenvalue weighted by Crippen LogP contribution is 2.40. The van der Waals surface area contributed by atoms with Crippen LogP contribution in [0.2, 0.25) is 0 Å². The van der Waals surface area contributed by atoms with E-state index in [1.807, 2.05) is 24.4 Å². The minimum atomic E-state index is -3.67. The van der Waals surface area contributed by atoms with Gasteiger partial charge in [-0.25, -0.2) is 13.1 Å². The largest absolute Gasteiger partial charge is 0.393 e. The van der Waals surface area contributed by atoms with Crippen LogP contribution in [0.15, 0.2) is 28.6 Å². The van der Waals surface area contributed by atoms with E-state index in [1.165, 1.54) is 16.0 Å². The molecule has 6 nitrogen and oxygen atoms in total. The first-order chi connectivity index (χ1) is 10.9. The number of aryl methyl sites for hydroxylation is 2. The SMILES string of the molecule is CCn1nc(C)cc1S(=O)(=O)NC(c1cccs1)C1CC(O)C1. The molecule has 1 unspecified atom stereocenters. The minimum Gasteiger partial charge on any atom is -0.393 e. The van der Waals surface area contributed by atoms with Gasteiger partial charge in [0, 0.05) is 11.4 Å². The van der Waals surface area contributed by atoms with Gasteiger partial charge in [0.15, 0.2) is 5.03 Å². The lowest BCUT2D eigenvalue weighted by molar-refractivity contribution is 0.0285. The normalized spacial score (nSPS) is 22.7. The number of aliphatic hydroxyl groups excluding tert-OH is 1. The Morgan fingerprint density at radius 2 is 2.26 bits per heavy atom. The van der Waals surface area contributed by atoms with E-state index in [2.05, 4.69) is 9.82 Å². The molecule has 0 radical (unpaired) electrons. The molecule has 0 saturated heterocycles. The van der Waals surface area contributed by atoms with Crippen molar-refractivity contribution >= 4 is 21.4 Å². The molecule has 2 aromatic heterocycles. The molecule has 1 atom stereocenters. The summed E-state index contributed by atoms with van der Waals surface area (Å²) in [4.78, 5) is 0.977. The Balaban J connectivity index is 1.89. The molecule has 3 rings (SSSR count). The lowest BCUT2D eigenvalue weighted by Crippen LogP contribution is -2.41. The zero-order chi connectivity index (χ0) is 16.6. The monoisotopic (exact) mass is 355 g/mol. The molecule has 2 aromatic rings. The van der Waals surface area contributed by atoms with Gasteiger partial charge in [-0.15, -0.1) is 11.3 Å². The smallest absolute Gasteiger partial charge is 0.258 e. The highest BCUT2D eigenvalue weighted by atomic mass is 32.2. The number of aliphatic hydroxyl groups is 1. The molecule has 0 amide bonds. The molecule has 2 heterocycles. The van der Waals surface area contributed by atoms with E-state index in [9.17, 15) is 13.5 Å². The van der Waals surface area contributed by atoms with Crippen LogP contribution in [0, 0.1) is 12.8 Å². The average Bonchev–Trinajstić information content (AvgIpc) is 3.11. The Labute approximate surface area is 140 Å². The van der Waals surface area contributed by atoms with E-state index in [0.29, 0.717) is 25.1 Å².